The van der Waals surface area contributed by atoms with Crippen molar-refractivity contribution in [1.29, 1.82) is 0 Å². The van der Waals surface area contributed by atoms with E-state index in [9.17, 15) is 12.8 Å². The van der Waals surface area contributed by atoms with Crippen LogP contribution in [0.2, 0.25) is 5.02 Å². The van der Waals surface area contributed by atoms with Gasteiger partial charge in [-0.15, -0.1) is 11.6 Å². The van der Waals surface area contributed by atoms with E-state index in [0.29, 0.717) is 12.8 Å². The van der Waals surface area contributed by atoms with Gasteiger partial charge in [-0.2, -0.15) is 0 Å². The van der Waals surface area contributed by atoms with Crippen molar-refractivity contribution >= 4 is 33.2 Å². The summed E-state index contributed by atoms with van der Waals surface area (Å²) in [4.78, 5) is -0.273. The van der Waals surface area contributed by atoms with Crippen molar-refractivity contribution in [1.82, 2.24) is 4.72 Å². The molecule has 0 unspecified atom stereocenters. The molecule has 0 heterocycles. The Kier molecular flexibility index (Phi) is 5.62. The molecule has 0 amide bonds. The minimum Gasteiger partial charge on any atom is -0.207 e. The molecule has 1 aromatic carbocycles. The topological polar surface area (TPSA) is 46.2 Å². The second kappa shape index (κ2) is 6.39. The fraction of sp³-hybridized carbons (Fsp3) is 0.500. The Hall–Kier alpha value is -0.360. The summed E-state index contributed by atoms with van der Waals surface area (Å²) in [6.07, 6.45) is 1.05. The highest BCUT2D eigenvalue weighted by molar-refractivity contribution is 7.89. The van der Waals surface area contributed by atoms with E-state index in [2.05, 4.69) is 4.72 Å². The van der Waals surface area contributed by atoms with Crippen LogP contribution >= 0.6 is 23.2 Å². The Morgan fingerprint density at radius 1 is 1.32 bits per heavy atom. The Bertz CT molecular complexity index is 536. The van der Waals surface area contributed by atoms with Gasteiger partial charge in [0.25, 0.3) is 0 Å². The fourth-order valence-corrected chi connectivity index (χ4v) is 4.21. The van der Waals surface area contributed by atoms with Gasteiger partial charge in [0.1, 0.15) is 10.7 Å². The summed E-state index contributed by atoms with van der Waals surface area (Å²) in [5.41, 5.74) is -0.754. The number of sulfonamides is 1. The third kappa shape index (κ3) is 3.81. The molecule has 0 fully saturated rings. The van der Waals surface area contributed by atoms with E-state index < -0.39 is 21.4 Å². The Balaban J connectivity index is 3.21. The van der Waals surface area contributed by atoms with E-state index in [1.165, 1.54) is 6.07 Å². The second-order valence-electron chi connectivity index (χ2n) is 4.30. The lowest BCUT2D eigenvalue weighted by Gasteiger charge is -2.30. The normalized spacial score (nSPS) is 12.7. The van der Waals surface area contributed by atoms with Crippen molar-refractivity contribution in [2.75, 3.05) is 5.88 Å². The third-order valence-electron chi connectivity index (χ3n) is 3.14. The first-order valence-corrected chi connectivity index (χ1v) is 8.25. The number of halogens is 3. The quantitative estimate of drug-likeness (QED) is 0.812. The minimum atomic E-state index is -3.91. The molecule has 1 rings (SSSR count). The van der Waals surface area contributed by atoms with E-state index in [4.69, 9.17) is 23.2 Å². The van der Waals surface area contributed by atoms with Crippen LogP contribution in [-0.4, -0.2) is 19.8 Å². The molecule has 0 saturated heterocycles. The number of hydrogen-bond donors (Lipinski definition) is 1. The van der Waals surface area contributed by atoms with E-state index in [1.807, 2.05) is 13.8 Å². The predicted molar refractivity (Wildman–Crippen MR) is 75.8 cm³/mol. The van der Waals surface area contributed by atoms with Gasteiger partial charge < -0.3 is 0 Å². The summed E-state index contributed by atoms with van der Waals surface area (Å²) >= 11 is 11.7. The average molecular weight is 328 g/mol. The highest BCUT2D eigenvalue weighted by Crippen LogP contribution is 2.26. The Morgan fingerprint density at radius 3 is 2.37 bits per heavy atom. The van der Waals surface area contributed by atoms with Gasteiger partial charge in [0, 0.05) is 11.4 Å². The first kappa shape index (κ1) is 16.7. The molecule has 0 aliphatic heterocycles. The average Bonchev–Trinajstić information content (AvgIpc) is 2.39. The molecule has 7 heteroatoms. The number of rotatable bonds is 6. The molecule has 0 aliphatic carbocycles. The Labute approximate surface area is 123 Å². The van der Waals surface area contributed by atoms with Gasteiger partial charge >= 0.3 is 0 Å². The van der Waals surface area contributed by atoms with Crippen LogP contribution in [0.25, 0.3) is 0 Å². The maximum atomic E-state index is 13.2. The molecule has 3 nitrogen and oxygen atoms in total. The van der Waals surface area contributed by atoms with Gasteiger partial charge in [0.05, 0.1) is 5.02 Å². The monoisotopic (exact) mass is 327 g/mol. The summed E-state index contributed by atoms with van der Waals surface area (Å²) in [6, 6.07) is 3.22. The van der Waals surface area contributed by atoms with Crippen LogP contribution < -0.4 is 4.72 Å². The fourth-order valence-electron chi connectivity index (χ4n) is 1.63. The van der Waals surface area contributed by atoms with Crippen molar-refractivity contribution in [2.45, 2.75) is 37.1 Å². The SMILES string of the molecule is CCC(CC)(CCl)NS(=O)(=O)c1cc(F)ccc1Cl. The standard InChI is InChI=1S/C12H16Cl2FNO2S/c1-3-12(4-2,8-13)16-19(17,18)11-7-9(15)5-6-10(11)14/h5-7,16H,3-4,8H2,1-2H3. The van der Waals surface area contributed by atoms with Crippen molar-refractivity contribution < 1.29 is 12.8 Å². The molecule has 1 N–H and O–H groups in total. The first-order valence-electron chi connectivity index (χ1n) is 5.85. The van der Waals surface area contributed by atoms with Crippen molar-refractivity contribution in [2.24, 2.45) is 0 Å². The van der Waals surface area contributed by atoms with Gasteiger partial charge in [-0.05, 0) is 31.0 Å². The zero-order chi connectivity index (χ0) is 14.7. The lowest BCUT2D eigenvalue weighted by molar-refractivity contribution is 0.394. The maximum absolute atomic E-state index is 13.2. The summed E-state index contributed by atoms with van der Waals surface area (Å²) in [5.74, 6) is -0.527. The van der Waals surface area contributed by atoms with E-state index in [0.717, 1.165) is 12.1 Å². The molecular weight excluding hydrogens is 312 g/mol. The molecular formula is C12H16Cl2FNO2S. The van der Waals surface area contributed by atoms with Crippen LogP contribution in [-0.2, 0) is 10.0 Å². The predicted octanol–water partition coefficient (Wildman–Crippen LogP) is 3.56. The van der Waals surface area contributed by atoms with E-state index >= 15 is 0 Å². The van der Waals surface area contributed by atoms with Crippen LogP contribution in [0.4, 0.5) is 4.39 Å². The zero-order valence-electron chi connectivity index (χ0n) is 10.7. The van der Waals surface area contributed by atoms with Crippen LogP contribution in [0.1, 0.15) is 26.7 Å². The van der Waals surface area contributed by atoms with E-state index in [-0.39, 0.29) is 15.8 Å². The van der Waals surface area contributed by atoms with Crippen LogP contribution in [0.5, 0.6) is 0 Å². The second-order valence-corrected chi connectivity index (χ2v) is 6.63. The van der Waals surface area contributed by atoms with Gasteiger partial charge in [-0.1, -0.05) is 25.4 Å². The molecule has 0 aromatic heterocycles. The summed E-state index contributed by atoms with van der Waals surface area (Å²) < 4.78 is 40.3. The third-order valence-corrected chi connectivity index (χ3v) is 5.71. The highest BCUT2D eigenvalue weighted by atomic mass is 35.5. The largest absolute Gasteiger partial charge is 0.242 e. The molecule has 0 atom stereocenters. The lowest BCUT2D eigenvalue weighted by atomic mass is 9.97. The zero-order valence-corrected chi connectivity index (χ0v) is 13.0. The number of alkyl halides is 1. The molecule has 0 spiro atoms. The van der Waals surface area contributed by atoms with Crippen molar-refractivity contribution in [3.8, 4) is 0 Å². The number of nitrogens with one attached hydrogen (secondary N) is 1. The van der Waals surface area contributed by atoms with Gasteiger partial charge in [-0.25, -0.2) is 17.5 Å². The Morgan fingerprint density at radius 2 is 1.89 bits per heavy atom. The molecule has 0 aliphatic rings. The maximum Gasteiger partial charge on any atom is 0.242 e. The van der Waals surface area contributed by atoms with Crippen LogP contribution in [0.3, 0.4) is 0 Å². The van der Waals surface area contributed by atoms with Gasteiger partial charge in [0.2, 0.25) is 10.0 Å². The summed E-state index contributed by atoms with van der Waals surface area (Å²) in [7, 11) is -3.91. The lowest BCUT2D eigenvalue weighted by Crippen LogP contribution is -2.49. The molecule has 0 radical (unpaired) electrons. The highest BCUT2D eigenvalue weighted by Gasteiger charge is 2.32. The molecule has 0 saturated carbocycles. The van der Waals surface area contributed by atoms with Gasteiger partial charge in [0.15, 0.2) is 0 Å². The van der Waals surface area contributed by atoms with Crippen LogP contribution in [0.15, 0.2) is 23.1 Å². The van der Waals surface area contributed by atoms with E-state index in [1.54, 1.807) is 0 Å². The smallest absolute Gasteiger partial charge is 0.207 e. The summed E-state index contributed by atoms with van der Waals surface area (Å²) in [6.45, 7) is 3.67. The van der Waals surface area contributed by atoms with Crippen LogP contribution in [0, 0.1) is 5.82 Å². The number of benzene rings is 1. The summed E-state index contributed by atoms with van der Waals surface area (Å²) in [5, 5.41) is -0.0235. The van der Waals surface area contributed by atoms with Gasteiger partial charge in [-0.3, -0.25) is 0 Å². The molecule has 0 bridgehead atoms. The van der Waals surface area contributed by atoms with Crippen molar-refractivity contribution in [3.05, 3.63) is 29.0 Å². The minimum absolute atomic E-state index is 0.0235. The number of hydrogen-bond acceptors (Lipinski definition) is 2. The molecule has 108 valence electrons. The first-order chi connectivity index (χ1) is 8.80. The molecule has 1 aromatic rings. The molecule has 19 heavy (non-hydrogen) atoms. The van der Waals surface area contributed by atoms with Crippen molar-refractivity contribution in [3.63, 3.8) is 0 Å².